The monoisotopic (exact) mass is 455 g/mol. The molecular weight excluding hydrogens is 422 g/mol. The van der Waals surface area contributed by atoms with E-state index < -0.39 is 5.97 Å². The van der Waals surface area contributed by atoms with Gasteiger partial charge in [-0.25, -0.2) is 4.79 Å². The van der Waals surface area contributed by atoms with Crippen molar-refractivity contribution in [3.8, 4) is 0 Å². The van der Waals surface area contributed by atoms with Crippen molar-refractivity contribution < 1.29 is 19.2 Å². The molecule has 2 aliphatic heterocycles. The second-order valence-electron chi connectivity index (χ2n) is 9.59. The standard InChI is InChI=1S/C22H29N5O2.C2H4O2/c1-14-6-4-5-7-17(14)20-18-12-26(10-16(18)11-27(20)22(28)25(2)3)13-19-23-21(24-29-19)15-8-9-15;1-2(3)4/h4-7,15-16,18,20H,8-13H2,1-3H3;1H3,(H,3,4)/t16-,18-,20+;/m1./s1. The smallest absolute Gasteiger partial charge is 0.320 e. The van der Waals surface area contributed by atoms with Gasteiger partial charge in [-0.2, -0.15) is 4.98 Å². The molecule has 3 aliphatic rings. The van der Waals surface area contributed by atoms with Gasteiger partial charge in [0.25, 0.3) is 5.97 Å². The summed E-state index contributed by atoms with van der Waals surface area (Å²) in [6, 6.07) is 8.69. The molecule has 2 saturated heterocycles. The van der Waals surface area contributed by atoms with Crippen LogP contribution in [-0.2, 0) is 11.3 Å². The normalized spacial score (nSPS) is 24.2. The highest BCUT2D eigenvalue weighted by Crippen LogP contribution is 2.46. The van der Waals surface area contributed by atoms with Crippen molar-refractivity contribution in [1.29, 1.82) is 0 Å². The summed E-state index contributed by atoms with van der Waals surface area (Å²) in [6.45, 7) is 6.64. The van der Waals surface area contributed by atoms with Gasteiger partial charge < -0.3 is 19.4 Å². The molecule has 0 spiro atoms. The van der Waals surface area contributed by atoms with E-state index in [0.717, 1.165) is 38.3 Å². The van der Waals surface area contributed by atoms with E-state index in [1.165, 1.54) is 24.0 Å². The molecule has 0 unspecified atom stereocenters. The van der Waals surface area contributed by atoms with Crippen molar-refractivity contribution in [3.05, 3.63) is 47.1 Å². The van der Waals surface area contributed by atoms with Crippen molar-refractivity contribution >= 4 is 12.0 Å². The van der Waals surface area contributed by atoms with Crippen molar-refractivity contribution in [2.45, 2.75) is 45.2 Å². The quantitative estimate of drug-likeness (QED) is 0.755. The number of carbonyl (C=O) groups excluding carboxylic acids is 1. The van der Waals surface area contributed by atoms with E-state index in [-0.39, 0.29) is 12.1 Å². The van der Waals surface area contributed by atoms with E-state index in [9.17, 15) is 4.79 Å². The summed E-state index contributed by atoms with van der Waals surface area (Å²) >= 11 is 0. The summed E-state index contributed by atoms with van der Waals surface area (Å²) in [6.07, 6.45) is 2.36. The minimum absolute atomic E-state index is 0.102. The maximum atomic E-state index is 12.9. The van der Waals surface area contributed by atoms with Crippen LogP contribution in [0.4, 0.5) is 4.79 Å². The number of carboxylic acid groups (broad SMARTS) is 1. The molecule has 3 atom stereocenters. The van der Waals surface area contributed by atoms with E-state index >= 15 is 0 Å². The molecule has 2 amide bonds. The van der Waals surface area contributed by atoms with Crippen molar-refractivity contribution in [2.24, 2.45) is 11.8 Å². The minimum Gasteiger partial charge on any atom is -0.481 e. The first-order chi connectivity index (χ1) is 15.7. The Kier molecular flexibility index (Phi) is 6.69. The molecule has 9 nitrogen and oxygen atoms in total. The van der Waals surface area contributed by atoms with Crippen LogP contribution in [0.5, 0.6) is 0 Å². The second-order valence-corrected chi connectivity index (χ2v) is 9.59. The Balaban J connectivity index is 0.000000601. The van der Waals surface area contributed by atoms with Crippen molar-refractivity contribution in [2.75, 3.05) is 33.7 Å². The van der Waals surface area contributed by atoms with Crippen LogP contribution in [0.25, 0.3) is 0 Å². The lowest BCUT2D eigenvalue weighted by Crippen LogP contribution is -2.41. The fourth-order valence-electron chi connectivity index (χ4n) is 5.07. The van der Waals surface area contributed by atoms with E-state index in [0.29, 0.717) is 24.3 Å². The van der Waals surface area contributed by atoms with Gasteiger partial charge in [0.1, 0.15) is 0 Å². The summed E-state index contributed by atoms with van der Waals surface area (Å²) in [5.74, 6) is 2.17. The molecule has 5 rings (SSSR count). The lowest BCUT2D eigenvalue weighted by molar-refractivity contribution is -0.134. The Bertz CT molecular complexity index is 998. The number of urea groups is 1. The van der Waals surface area contributed by atoms with Crippen LogP contribution in [0.1, 0.15) is 54.6 Å². The van der Waals surface area contributed by atoms with E-state index in [4.69, 9.17) is 14.4 Å². The second kappa shape index (κ2) is 9.51. The summed E-state index contributed by atoms with van der Waals surface area (Å²) in [7, 11) is 3.68. The van der Waals surface area contributed by atoms with Crippen LogP contribution in [-0.4, -0.2) is 75.7 Å². The van der Waals surface area contributed by atoms with Gasteiger partial charge in [-0.05, 0) is 36.8 Å². The summed E-state index contributed by atoms with van der Waals surface area (Å²) in [4.78, 5) is 32.7. The molecule has 0 bridgehead atoms. The first-order valence-electron chi connectivity index (χ1n) is 11.5. The third-order valence-corrected chi connectivity index (χ3v) is 6.66. The van der Waals surface area contributed by atoms with Gasteiger partial charge in [0.2, 0.25) is 5.89 Å². The van der Waals surface area contributed by atoms with E-state index in [1.54, 1.807) is 4.90 Å². The topological polar surface area (TPSA) is 103 Å². The number of aliphatic carboxylic acids is 1. The number of fused-ring (bicyclic) bond motifs is 1. The molecule has 9 heteroatoms. The zero-order chi connectivity index (χ0) is 23.7. The van der Waals surface area contributed by atoms with E-state index in [2.05, 4.69) is 51.1 Å². The first kappa shape index (κ1) is 23.2. The molecular formula is C24H33N5O4. The molecule has 3 fully saturated rings. The highest BCUT2D eigenvalue weighted by Gasteiger charge is 2.50. The lowest BCUT2D eigenvalue weighted by Gasteiger charge is -2.32. The lowest BCUT2D eigenvalue weighted by atomic mass is 9.88. The predicted molar refractivity (Wildman–Crippen MR) is 122 cm³/mol. The molecule has 1 aliphatic carbocycles. The average molecular weight is 456 g/mol. The number of hydrogen-bond acceptors (Lipinski definition) is 6. The highest BCUT2D eigenvalue weighted by atomic mass is 16.5. The number of aryl methyl sites for hydroxylation is 1. The number of benzene rings is 1. The van der Waals surface area contributed by atoms with Crippen LogP contribution < -0.4 is 0 Å². The van der Waals surface area contributed by atoms with Gasteiger partial charge in [-0.1, -0.05) is 29.4 Å². The largest absolute Gasteiger partial charge is 0.481 e. The van der Waals surface area contributed by atoms with Crippen molar-refractivity contribution in [3.63, 3.8) is 0 Å². The molecule has 1 aromatic carbocycles. The fourth-order valence-corrected chi connectivity index (χ4v) is 5.07. The van der Waals surface area contributed by atoms with Gasteiger partial charge in [0, 0.05) is 52.5 Å². The van der Waals surface area contributed by atoms with E-state index in [1.807, 2.05) is 14.1 Å². The number of hydrogen-bond donors (Lipinski definition) is 1. The van der Waals surface area contributed by atoms with Gasteiger partial charge in [-0.3, -0.25) is 9.69 Å². The number of carboxylic acids is 1. The molecule has 178 valence electrons. The number of aromatic nitrogens is 2. The van der Waals surface area contributed by atoms with Gasteiger partial charge in [0.15, 0.2) is 5.82 Å². The Morgan fingerprint density at radius 3 is 2.52 bits per heavy atom. The number of rotatable bonds is 4. The molecule has 33 heavy (non-hydrogen) atoms. The Labute approximate surface area is 194 Å². The van der Waals surface area contributed by atoms with Crippen LogP contribution in [0.2, 0.25) is 0 Å². The molecule has 3 heterocycles. The summed E-state index contributed by atoms with van der Waals surface area (Å²) in [5.41, 5.74) is 2.52. The zero-order valence-corrected chi connectivity index (χ0v) is 19.8. The fraction of sp³-hybridized carbons (Fsp3) is 0.583. The molecule has 1 N–H and O–H groups in total. The number of nitrogens with zero attached hydrogens (tertiary/aromatic N) is 5. The van der Waals surface area contributed by atoms with Gasteiger partial charge >= 0.3 is 6.03 Å². The van der Waals surface area contributed by atoms with Crippen molar-refractivity contribution in [1.82, 2.24) is 24.8 Å². The Morgan fingerprint density at radius 2 is 1.88 bits per heavy atom. The van der Waals surface area contributed by atoms with Crippen LogP contribution in [0.15, 0.2) is 28.8 Å². The first-order valence-corrected chi connectivity index (χ1v) is 11.5. The van der Waals surface area contributed by atoms with Crippen LogP contribution in [0.3, 0.4) is 0 Å². The molecule has 2 aromatic rings. The third-order valence-electron chi connectivity index (χ3n) is 6.66. The maximum Gasteiger partial charge on any atom is 0.320 e. The zero-order valence-electron chi connectivity index (χ0n) is 19.8. The Morgan fingerprint density at radius 1 is 1.18 bits per heavy atom. The van der Waals surface area contributed by atoms with Crippen LogP contribution >= 0.6 is 0 Å². The molecule has 1 aromatic heterocycles. The molecule has 0 radical (unpaired) electrons. The van der Waals surface area contributed by atoms with Gasteiger partial charge in [0.05, 0.1) is 12.6 Å². The summed E-state index contributed by atoms with van der Waals surface area (Å²) < 4.78 is 5.50. The predicted octanol–water partition coefficient (Wildman–Crippen LogP) is 3.13. The Hall–Kier alpha value is -2.94. The number of likely N-dealkylation sites (tertiary alicyclic amines) is 2. The molecule has 1 saturated carbocycles. The number of amides is 2. The highest BCUT2D eigenvalue weighted by molar-refractivity contribution is 5.75. The van der Waals surface area contributed by atoms with Crippen LogP contribution in [0, 0.1) is 18.8 Å². The summed E-state index contributed by atoms with van der Waals surface area (Å²) in [5, 5.41) is 11.6. The maximum absolute atomic E-state index is 12.9. The SMILES string of the molecule is CC(=O)O.Cc1ccccc1[C@H]1[C@@H]2CN(Cc3nc(C4CC4)no3)C[C@@H]2CN1C(=O)N(C)C. The third kappa shape index (κ3) is 5.19. The average Bonchev–Trinajstić information content (AvgIpc) is 3.22. The minimum atomic E-state index is -0.833. The van der Waals surface area contributed by atoms with Gasteiger partial charge in [-0.15, -0.1) is 0 Å². The number of carbonyl (C=O) groups is 2.